The van der Waals surface area contributed by atoms with Gasteiger partial charge in [-0.25, -0.2) is 14.3 Å². The van der Waals surface area contributed by atoms with Crippen molar-refractivity contribution >= 4 is 23.7 Å². The molecule has 0 bridgehead atoms. The normalized spacial score (nSPS) is 14.4. The van der Waals surface area contributed by atoms with Gasteiger partial charge < -0.3 is 14.9 Å². The predicted molar refractivity (Wildman–Crippen MR) is 126 cm³/mol. The molecule has 0 spiro atoms. The Labute approximate surface area is 193 Å². The van der Waals surface area contributed by atoms with E-state index in [1.165, 1.54) is 4.90 Å². The molecule has 4 rings (SSSR count). The lowest BCUT2D eigenvalue weighted by atomic mass is 10.0. The van der Waals surface area contributed by atoms with Gasteiger partial charge in [0.15, 0.2) is 5.65 Å². The molecule has 1 aliphatic heterocycles. The molecule has 0 aliphatic carbocycles. The number of fused-ring (bicyclic) bond motifs is 1. The van der Waals surface area contributed by atoms with Crippen molar-refractivity contribution < 1.29 is 14.7 Å². The van der Waals surface area contributed by atoms with Crippen molar-refractivity contribution in [1.82, 2.24) is 24.4 Å². The number of carboxylic acid groups (broad SMARTS) is 1. The molecule has 1 saturated heterocycles. The summed E-state index contributed by atoms with van der Waals surface area (Å²) >= 11 is 0. The van der Waals surface area contributed by atoms with Crippen LogP contribution in [-0.2, 0) is 17.6 Å². The number of aromatic nitrogens is 3. The molecule has 0 radical (unpaired) electrons. The molecule has 172 valence electrons. The lowest BCUT2D eigenvalue weighted by Gasteiger charge is -2.32. The second-order valence-electron chi connectivity index (χ2n) is 8.40. The Morgan fingerprint density at radius 2 is 1.73 bits per heavy atom. The summed E-state index contributed by atoms with van der Waals surface area (Å²) in [6, 6.07) is 10.2. The second kappa shape index (κ2) is 9.44. The first-order chi connectivity index (χ1) is 15.9. The van der Waals surface area contributed by atoms with Crippen LogP contribution in [0.1, 0.15) is 40.7 Å². The van der Waals surface area contributed by atoms with Gasteiger partial charge in [0.05, 0.1) is 5.69 Å². The molecule has 1 aliphatic rings. The molecule has 0 unspecified atom stereocenters. The first-order valence-electron chi connectivity index (χ1n) is 11.2. The van der Waals surface area contributed by atoms with Crippen molar-refractivity contribution in [2.24, 2.45) is 0 Å². The fourth-order valence-corrected chi connectivity index (χ4v) is 4.22. The Kier molecular flexibility index (Phi) is 6.44. The molecule has 0 saturated carbocycles. The number of carbonyl (C=O) groups excluding carboxylic acids is 1. The summed E-state index contributed by atoms with van der Waals surface area (Å²) in [5.41, 5.74) is 7.30. The lowest BCUT2D eigenvalue weighted by Crippen LogP contribution is -2.49. The van der Waals surface area contributed by atoms with Crippen LogP contribution in [-0.4, -0.2) is 67.7 Å². The topological polar surface area (TPSA) is 91.0 Å². The summed E-state index contributed by atoms with van der Waals surface area (Å²) in [5, 5.41) is 13.8. The predicted octanol–water partition coefficient (Wildman–Crippen LogP) is 3.33. The van der Waals surface area contributed by atoms with Crippen molar-refractivity contribution in [3.8, 4) is 0 Å². The van der Waals surface area contributed by atoms with Crippen LogP contribution in [0.15, 0.2) is 36.4 Å². The number of hydrogen-bond donors (Lipinski definition) is 1. The third-order valence-corrected chi connectivity index (χ3v) is 6.05. The highest BCUT2D eigenvalue weighted by molar-refractivity contribution is 5.92. The molecule has 8 nitrogen and oxygen atoms in total. The van der Waals surface area contributed by atoms with Gasteiger partial charge in [-0.2, -0.15) is 5.10 Å². The molecule has 1 fully saturated rings. The Morgan fingerprint density at radius 3 is 2.36 bits per heavy atom. The van der Waals surface area contributed by atoms with Gasteiger partial charge in [0, 0.05) is 55.6 Å². The molecule has 1 N–H and O–H groups in total. The highest BCUT2D eigenvalue weighted by Crippen LogP contribution is 2.21. The van der Waals surface area contributed by atoms with Crippen molar-refractivity contribution in [2.75, 3.05) is 26.2 Å². The first kappa shape index (κ1) is 22.5. The van der Waals surface area contributed by atoms with Gasteiger partial charge in [0.2, 0.25) is 5.91 Å². The molecule has 3 heterocycles. The number of piperazine rings is 1. The van der Waals surface area contributed by atoms with E-state index in [0.717, 1.165) is 52.3 Å². The Morgan fingerprint density at radius 1 is 1.06 bits per heavy atom. The Hall–Kier alpha value is -3.68. The van der Waals surface area contributed by atoms with Gasteiger partial charge in [-0.1, -0.05) is 31.2 Å². The number of amides is 2. The lowest BCUT2D eigenvalue weighted by molar-refractivity contribution is -0.127. The fraction of sp³-hybridized carbons (Fsp3) is 0.360. The van der Waals surface area contributed by atoms with Crippen molar-refractivity contribution in [3.05, 3.63) is 70.2 Å². The average Bonchev–Trinajstić information content (AvgIpc) is 3.16. The molecule has 1 aromatic carbocycles. The molecular weight excluding hydrogens is 418 g/mol. The molecule has 2 aromatic heterocycles. The zero-order chi connectivity index (χ0) is 23.5. The van der Waals surface area contributed by atoms with Crippen molar-refractivity contribution in [3.63, 3.8) is 0 Å². The van der Waals surface area contributed by atoms with Crippen LogP contribution in [0.5, 0.6) is 0 Å². The quantitative estimate of drug-likeness (QED) is 0.606. The maximum atomic E-state index is 12.4. The molecule has 8 heteroatoms. The van der Waals surface area contributed by atoms with E-state index in [0.29, 0.717) is 26.2 Å². The highest BCUT2D eigenvalue weighted by atomic mass is 16.4. The van der Waals surface area contributed by atoms with E-state index in [-0.39, 0.29) is 5.91 Å². The summed E-state index contributed by atoms with van der Waals surface area (Å²) in [5.74, 6) is -0.0973. The van der Waals surface area contributed by atoms with E-state index in [1.807, 2.05) is 36.6 Å². The Bertz CT molecular complexity index is 1210. The number of nitrogens with zero attached hydrogens (tertiary/aromatic N) is 5. The summed E-state index contributed by atoms with van der Waals surface area (Å²) in [6.07, 6.45) is 4.02. The molecular formula is C25H29N5O3. The van der Waals surface area contributed by atoms with E-state index in [9.17, 15) is 9.59 Å². The van der Waals surface area contributed by atoms with Crippen LogP contribution in [0.25, 0.3) is 11.7 Å². The standard InChI is InChI=1S/C25H29N5O3/c1-4-22-21(24-26-17(2)15-18(3)30(24)27-22)16-20-7-5-19(6-8-20)9-10-23(31)28-11-13-29(14-12-28)25(32)33/h5-10,15H,4,11-14,16H2,1-3H3,(H,32,33)/b10-9+. The molecule has 33 heavy (non-hydrogen) atoms. The largest absolute Gasteiger partial charge is 0.465 e. The van der Waals surface area contributed by atoms with Crippen LogP contribution >= 0.6 is 0 Å². The second-order valence-corrected chi connectivity index (χ2v) is 8.40. The average molecular weight is 448 g/mol. The Balaban J connectivity index is 1.44. The first-order valence-corrected chi connectivity index (χ1v) is 11.2. The van der Waals surface area contributed by atoms with Crippen LogP contribution in [0.4, 0.5) is 4.79 Å². The van der Waals surface area contributed by atoms with E-state index >= 15 is 0 Å². The highest BCUT2D eigenvalue weighted by Gasteiger charge is 2.22. The number of hydrogen-bond acceptors (Lipinski definition) is 4. The van der Waals surface area contributed by atoms with E-state index in [2.05, 4.69) is 19.1 Å². The van der Waals surface area contributed by atoms with Gasteiger partial charge in [0.1, 0.15) is 0 Å². The summed E-state index contributed by atoms with van der Waals surface area (Å²) in [6.45, 7) is 7.69. The van der Waals surface area contributed by atoms with Crippen LogP contribution < -0.4 is 0 Å². The van der Waals surface area contributed by atoms with Crippen molar-refractivity contribution in [1.29, 1.82) is 0 Å². The summed E-state index contributed by atoms with van der Waals surface area (Å²) < 4.78 is 1.93. The monoisotopic (exact) mass is 447 g/mol. The zero-order valence-corrected chi connectivity index (χ0v) is 19.3. The number of carbonyl (C=O) groups is 2. The van der Waals surface area contributed by atoms with Crippen LogP contribution in [0.2, 0.25) is 0 Å². The molecule has 2 amide bonds. The third kappa shape index (κ3) is 4.89. The van der Waals surface area contributed by atoms with E-state index in [4.69, 9.17) is 15.2 Å². The van der Waals surface area contributed by atoms with E-state index < -0.39 is 6.09 Å². The zero-order valence-electron chi connectivity index (χ0n) is 19.3. The van der Waals surface area contributed by atoms with E-state index in [1.54, 1.807) is 17.1 Å². The number of aryl methyl sites for hydroxylation is 3. The van der Waals surface area contributed by atoms with Gasteiger partial charge >= 0.3 is 6.09 Å². The van der Waals surface area contributed by atoms with Gasteiger partial charge in [-0.05, 0) is 43.5 Å². The smallest absolute Gasteiger partial charge is 0.407 e. The van der Waals surface area contributed by atoms with Gasteiger partial charge in [-0.15, -0.1) is 0 Å². The maximum Gasteiger partial charge on any atom is 0.407 e. The fourth-order valence-electron chi connectivity index (χ4n) is 4.22. The third-order valence-electron chi connectivity index (χ3n) is 6.05. The van der Waals surface area contributed by atoms with Gasteiger partial charge in [-0.3, -0.25) is 4.79 Å². The van der Waals surface area contributed by atoms with Crippen molar-refractivity contribution in [2.45, 2.75) is 33.6 Å². The summed E-state index contributed by atoms with van der Waals surface area (Å²) in [7, 11) is 0. The molecule has 0 atom stereocenters. The number of benzene rings is 1. The minimum Gasteiger partial charge on any atom is -0.465 e. The maximum absolute atomic E-state index is 12.4. The van der Waals surface area contributed by atoms with Gasteiger partial charge in [0.25, 0.3) is 0 Å². The SMILES string of the molecule is CCc1nn2c(C)cc(C)nc2c1Cc1ccc(/C=C/C(=O)N2CCN(C(=O)O)CC2)cc1. The molecule has 3 aromatic rings. The number of rotatable bonds is 5. The minimum absolute atomic E-state index is 0.0973. The minimum atomic E-state index is -0.936. The summed E-state index contributed by atoms with van der Waals surface area (Å²) in [4.78, 5) is 31.2. The van der Waals surface area contributed by atoms with Crippen LogP contribution in [0, 0.1) is 13.8 Å². The van der Waals surface area contributed by atoms with Crippen LogP contribution in [0.3, 0.4) is 0 Å².